The zero-order valence-corrected chi connectivity index (χ0v) is 19.8. The number of nitrogens with one attached hydrogen (secondary N) is 1. The lowest BCUT2D eigenvalue weighted by molar-refractivity contribution is -0.122. The normalized spacial score (nSPS) is 18.0. The van der Waals surface area contributed by atoms with Crippen molar-refractivity contribution < 1.29 is 14.4 Å². The second-order valence-electron chi connectivity index (χ2n) is 9.32. The Morgan fingerprint density at radius 3 is 2.46 bits per heavy atom. The first-order valence-electron chi connectivity index (χ1n) is 12.2. The van der Waals surface area contributed by atoms with Crippen molar-refractivity contribution in [3.05, 3.63) is 101 Å². The van der Waals surface area contributed by atoms with Gasteiger partial charge in [-0.15, -0.1) is 0 Å². The van der Waals surface area contributed by atoms with Crippen LogP contribution in [-0.4, -0.2) is 41.8 Å². The molecule has 3 amide bonds. The Kier molecular flexibility index (Phi) is 6.36. The fourth-order valence-electron chi connectivity index (χ4n) is 4.96. The highest BCUT2D eigenvalue weighted by atomic mass is 16.2. The Hall–Kier alpha value is -3.93. The molecule has 0 bridgehead atoms. The van der Waals surface area contributed by atoms with E-state index in [1.54, 1.807) is 28.0 Å². The van der Waals surface area contributed by atoms with Gasteiger partial charge in [0.25, 0.3) is 11.8 Å². The molecular formula is C29H29N3O3. The predicted molar refractivity (Wildman–Crippen MR) is 135 cm³/mol. The molecule has 3 aromatic carbocycles. The maximum atomic E-state index is 13.4. The summed E-state index contributed by atoms with van der Waals surface area (Å²) < 4.78 is 0. The Morgan fingerprint density at radius 1 is 0.971 bits per heavy atom. The highest BCUT2D eigenvalue weighted by molar-refractivity contribution is 6.11. The molecule has 0 aromatic heterocycles. The molecule has 2 heterocycles. The molecule has 0 spiro atoms. The van der Waals surface area contributed by atoms with Crippen LogP contribution in [0.3, 0.4) is 0 Å². The third-order valence-corrected chi connectivity index (χ3v) is 6.98. The van der Waals surface area contributed by atoms with E-state index in [0.717, 1.165) is 12.0 Å². The minimum Gasteiger partial charge on any atom is -0.351 e. The summed E-state index contributed by atoms with van der Waals surface area (Å²) in [5.74, 6) is -0.0256. The van der Waals surface area contributed by atoms with E-state index in [2.05, 4.69) is 24.4 Å². The van der Waals surface area contributed by atoms with Gasteiger partial charge in [0.2, 0.25) is 5.91 Å². The van der Waals surface area contributed by atoms with Gasteiger partial charge >= 0.3 is 0 Å². The van der Waals surface area contributed by atoms with Crippen LogP contribution in [0.25, 0.3) is 0 Å². The third kappa shape index (κ3) is 4.56. The molecule has 178 valence electrons. The van der Waals surface area contributed by atoms with Crippen LogP contribution >= 0.6 is 0 Å². The fraction of sp³-hybridized carbons (Fsp3) is 0.276. The summed E-state index contributed by atoms with van der Waals surface area (Å²) in [6.45, 7) is 3.60. The molecule has 1 fully saturated rings. The number of hydrogen-bond donors (Lipinski definition) is 1. The summed E-state index contributed by atoms with van der Waals surface area (Å²) >= 11 is 0. The molecule has 2 aliphatic heterocycles. The minimum absolute atomic E-state index is 0.0440. The molecule has 1 saturated heterocycles. The standard InChI is InChI=1S/C29H29N3O3/c1-20(22-8-3-2-4-9-22)18-30-27(33)23-15-13-21(14-16-23)19-32-25-11-6-5-10-24(25)28(34)31-17-7-12-26(31)29(32)35/h2-6,8-11,13-16,20,26H,7,12,17-19H2,1H3,(H,30,33)/t20-,26+/m0/s1. The quantitative estimate of drug-likeness (QED) is 0.585. The lowest BCUT2D eigenvalue weighted by Gasteiger charge is -2.26. The number of para-hydroxylation sites is 1. The van der Waals surface area contributed by atoms with Gasteiger partial charge in [-0.2, -0.15) is 0 Å². The van der Waals surface area contributed by atoms with Crippen molar-refractivity contribution in [1.29, 1.82) is 0 Å². The first-order valence-corrected chi connectivity index (χ1v) is 12.2. The summed E-state index contributed by atoms with van der Waals surface area (Å²) in [6, 6.07) is 24.4. The van der Waals surface area contributed by atoms with E-state index >= 15 is 0 Å². The van der Waals surface area contributed by atoms with Gasteiger partial charge in [-0.1, -0.05) is 61.5 Å². The zero-order chi connectivity index (χ0) is 24.4. The van der Waals surface area contributed by atoms with Crippen molar-refractivity contribution in [2.45, 2.75) is 38.3 Å². The second kappa shape index (κ2) is 9.74. The topological polar surface area (TPSA) is 69.7 Å². The highest BCUT2D eigenvalue weighted by Crippen LogP contribution is 2.33. The van der Waals surface area contributed by atoms with E-state index in [4.69, 9.17) is 0 Å². The van der Waals surface area contributed by atoms with Crippen LogP contribution in [0, 0.1) is 0 Å². The number of amides is 3. The van der Waals surface area contributed by atoms with Crippen LogP contribution in [0.1, 0.15) is 57.5 Å². The van der Waals surface area contributed by atoms with Gasteiger partial charge in [0.15, 0.2) is 0 Å². The molecule has 6 heteroatoms. The van der Waals surface area contributed by atoms with Gasteiger partial charge in [0.1, 0.15) is 6.04 Å². The molecule has 0 unspecified atom stereocenters. The van der Waals surface area contributed by atoms with Crippen LogP contribution in [0.15, 0.2) is 78.9 Å². The summed E-state index contributed by atoms with van der Waals surface area (Å²) in [5, 5.41) is 3.01. The van der Waals surface area contributed by atoms with Crippen molar-refractivity contribution in [2.75, 3.05) is 18.0 Å². The largest absolute Gasteiger partial charge is 0.351 e. The van der Waals surface area contributed by atoms with Gasteiger partial charge in [-0.3, -0.25) is 14.4 Å². The second-order valence-corrected chi connectivity index (χ2v) is 9.32. The van der Waals surface area contributed by atoms with Crippen LogP contribution in [0.2, 0.25) is 0 Å². The van der Waals surface area contributed by atoms with Gasteiger partial charge in [-0.25, -0.2) is 0 Å². The molecule has 2 atom stereocenters. The van der Waals surface area contributed by atoms with E-state index < -0.39 is 6.04 Å². The molecule has 0 aliphatic carbocycles. The Balaban J connectivity index is 1.30. The molecule has 0 saturated carbocycles. The number of hydrogen-bond acceptors (Lipinski definition) is 3. The van der Waals surface area contributed by atoms with Crippen molar-refractivity contribution >= 4 is 23.4 Å². The maximum Gasteiger partial charge on any atom is 0.256 e. The Bertz CT molecular complexity index is 1240. The lowest BCUT2D eigenvalue weighted by Crippen LogP contribution is -2.44. The summed E-state index contributed by atoms with van der Waals surface area (Å²) in [6.07, 6.45) is 1.53. The monoisotopic (exact) mass is 467 g/mol. The lowest BCUT2D eigenvalue weighted by atomic mass is 10.0. The molecule has 1 N–H and O–H groups in total. The van der Waals surface area contributed by atoms with E-state index in [0.29, 0.717) is 42.9 Å². The van der Waals surface area contributed by atoms with E-state index in [-0.39, 0.29) is 23.6 Å². The fourth-order valence-corrected chi connectivity index (χ4v) is 4.96. The van der Waals surface area contributed by atoms with Crippen LogP contribution in [-0.2, 0) is 11.3 Å². The molecule has 3 aromatic rings. The van der Waals surface area contributed by atoms with Crippen molar-refractivity contribution in [1.82, 2.24) is 10.2 Å². The summed E-state index contributed by atoms with van der Waals surface area (Å²) in [5.41, 5.74) is 3.88. The van der Waals surface area contributed by atoms with Crippen LogP contribution in [0.5, 0.6) is 0 Å². The first-order chi connectivity index (χ1) is 17.0. The van der Waals surface area contributed by atoms with Crippen molar-refractivity contribution in [3.8, 4) is 0 Å². The number of carbonyl (C=O) groups excluding carboxylic acids is 3. The number of fused-ring (bicyclic) bond motifs is 2. The van der Waals surface area contributed by atoms with Gasteiger partial charge < -0.3 is 15.1 Å². The number of benzene rings is 3. The molecule has 6 nitrogen and oxygen atoms in total. The number of nitrogens with zero attached hydrogens (tertiary/aromatic N) is 2. The molecular weight excluding hydrogens is 438 g/mol. The first kappa shape index (κ1) is 22.8. The van der Waals surface area contributed by atoms with E-state index in [1.165, 1.54) is 5.56 Å². The van der Waals surface area contributed by atoms with Gasteiger partial charge in [0, 0.05) is 18.7 Å². The van der Waals surface area contributed by atoms with Gasteiger partial charge in [-0.05, 0) is 54.2 Å². The number of carbonyl (C=O) groups is 3. The smallest absolute Gasteiger partial charge is 0.256 e. The zero-order valence-electron chi connectivity index (χ0n) is 19.8. The van der Waals surface area contributed by atoms with Crippen LogP contribution < -0.4 is 10.2 Å². The third-order valence-electron chi connectivity index (χ3n) is 6.98. The Labute approximate surface area is 205 Å². The predicted octanol–water partition coefficient (Wildman–Crippen LogP) is 4.37. The van der Waals surface area contributed by atoms with Crippen LogP contribution in [0.4, 0.5) is 5.69 Å². The minimum atomic E-state index is -0.411. The number of anilines is 1. The summed E-state index contributed by atoms with van der Waals surface area (Å²) in [4.78, 5) is 42.7. The highest BCUT2D eigenvalue weighted by Gasteiger charge is 2.41. The molecule has 5 rings (SSSR count). The average molecular weight is 468 g/mol. The Morgan fingerprint density at radius 2 is 1.69 bits per heavy atom. The van der Waals surface area contributed by atoms with E-state index in [1.807, 2.05) is 48.5 Å². The molecule has 2 aliphatic rings. The summed E-state index contributed by atoms with van der Waals surface area (Å²) in [7, 11) is 0. The van der Waals surface area contributed by atoms with E-state index in [9.17, 15) is 14.4 Å². The molecule has 35 heavy (non-hydrogen) atoms. The van der Waals surface area contributed by atoms with Gasteiger partial charge in [0.05, 0.1) is 17.8 Å². The number of rotatable bonds is 6. The van der Waals surface area contributed by atoms with Crippen molar-refractivity contribution in [3.63, 3.8) is 0 Å². The molecule has 0 radical (unpaired) electrons. The SMILES string of the molecule is C[C@@H](CNC(=O)c1ccc(CN2C(=O)[C@H]3CCCN3C(=O)c3ccccc32)cc1)c1ccccc1. The maximum absolute atomic E-state index is 13.4. The van der Waals surface area contributed by atoms with Crippen molar-refractivity contribution in [2.24, 2.45) is 0 Å². The average Bonchev–Trinajstić information content (AvgIpc) is 3.38.